The summed E-state index contributed by atoms with van der Waals surface area (Å²) < 4.78 is 18.4. The average molecular weight is 431 g/mol. The maximum absolute atomic E-state index is 12.0. The van der Waals surface area contributed by atoms with E-state index in [1.54, 1.807) is 29.2 Å². The van der Waals surface area contributed by atoms with Gasteiger partial charge in [-0.2, -0.15) is 10.2 Å². The van der Waals surface area contributed by atoms with Gasteiger partial charge in [0.2, 0.25) is 0 Å². The highest BCUT2D eigenvalue weighted by atomic mass is 16.5. The van der Waals surface area contributed by atoms with E-state index in [-0.39, 0.29) is 0 Å². The van der Waals surface area contributed by atoms with Gasteiger partial charge in [-0.05, 0) is 30.4 Å². The normalized spacial score (nSPS) is 14.7. The zero-order valence-electron chi connectivity index (χ0n) is 17.7. The van der Waals surface area contributed by atoms with Crippen molar-refractivity contribution in [2.45, 2.75) is 6.61 Å². The first-order chi connectivity index (χ1) is 15.6. The zero-order valence-corrected chi connectivity index (χ0v) is 17.7. The third-order valence-corrected chi connectivity index (χ3v) is 5.39. The predicted octanol–water partition coefficient (Wildman–Crippen LogP) is 3.22. The van der Waals surface area contributed by atoms with Gasteiger partial charge in [-0.1, -0.05) is 6.07 Å². The molecule has 0 saturated heterocycles. The van der Waals surface area contributed by atoms with Crippen molar-refractivity contribution in [1.29, 1.82) is 0 Å². The molecule has 1 aromatic carbocycles. The van der Waals surface area contributed by atoms with E-state index in [0.717, 1.165) is 39.1 Å². The molecule has 1 N–H and O–H groups in total. The fraction of sp³-hybridized carbons (Fsp3) is 0.217. The topological polar surface area (TPSA) is 104 Å². The van der Waals surface area contributed by atoms with Crippen LogP contribution in [0.2, 0.25) is 0 Å². The molecule has 4 heterocycles. The molecule has 0 saturated carbocycles. The SMILES string of the molecule is COC(=O)c1ccc2c(c1)OCCOCc1c(cnn1C)-c1cc3c(n[nH]c3cn1)/C=C/2. The van der Waals surface area contributed by atoms with Crippen LogP contribution in [0.4, 0.5) is 0 Å². The van der Waals surface area contributed by atoms with Gasteiger partial charge in [0, 0.05) is 23.6 Å². The smallest absolute Gasteiger partial charge is 0.337 e. The van der Waals surface area contributed by atoms with Gasteiger partial charge in [-0.3, -0.25) is 14.8 Å². The van der Waals surface area contributed by atoms with Gasteiger partial charge < -0.3 is 14.2 Å². The number of nitrogens with one attached hydrogen (secondary N) is 1. The quantitative estimate of drug-likeness (QED) is 0.462. The summed E-state index contributed by atoms with van der Waals surface area (Å²) in [5, 5.41) is 12.8. The third-order valence-electron chi connectivity index (χ3n) is 5.39. The van der Waals surface area contributed by atoms with Crippen molar-refractivity contribution in [2.75, 3.05) is 20.3 Å². The lowest BCUT2D eigenvalue weighted by Crippen LogP contribution is -2.10. The Morgan fingerprint density at radius 3 is 2.97 bits per heavy atom. The second kappa shape index (κ2) is 8.27. The van der Waals surface area contributed by atoms with Crippen molar-refractivity contribution >= 4 is 29.0 Å². The average Bonchev–Trinajstić information content (AvgIpc) is 3.39. The molecule has 162 valence electrons. The van der Waals surface area contributed by atoms with Gasteiger partial charge in [0.25, 0.3) is 0 Å². The number of hydrogen-bond donors (Lipinski definition) is 1. The molecule has 0 spiro atoms. The molecule has 9 nitrogen and oxygen atoms in total. The van der Waals surface area contributed by atoms with E-state index < -0.39 is 5.97 Å². The molecule has 0 unspecified atom stereocenters. The lowest BCUT2D eigenvalue weighted by Gasteiger charge is -2.12. The van der Waals surface area contributed by atoms with E-state index >= 15 is 0 Å². The van der Waals surface area contributed by atoms with Crippen molar-refractivity contribution in [3.05, 3.63) is 59.2 Å². The molecule has 1 aliphatic rings. The molecule has 5 rings (SSSR count). The number of carbonyl (C=O) groups excluding carboxylic acids is 1. The second-order valence-electron chi connectivity index (χ2n) is 7.33. The van der Waals surface area contributed by atoms with Gasteiger partial charge in [0.1, 0.15) is 12.4 Å². The molecule has 1 aliphatic heterocycles. The molecule has 2 bridgehead atoms. The molecule has 4 aromatic rings. The van der Waals surface area contributed by atoms with E-state index in [1.165, 1.54) is 7.11 Å². The zero-order chi connectivity index (χ0) is 22.1. The van der Waals surface area contributed by atoms with Gasteiger partial charge in [-0.25, -0.2) is 4.79 Å². The largest absolute Gasteiger partial charge is 0.491 e. The first-order valence-corrected chi connectivity index (χ1v) is 10.1. The molecule has 0 radical (unpaired) electrons. The summed E-state index contributed by atoms with van der Waals surface area (Å²) in [6, 6.07) is 7.20. The van der Waals surface area contributed by atoms with Crippen LogP contribution in [-0.4, -0.2) is 51.3 Å². The number of aromatic nitrogens is 5. The Kier molecular flexibility index (Phi) is 5.16. The second-order valence-corrected chi connectivity index (χ2v) is 7.33. The van der Waals surface area contributed by atoms with E-state index in [9.17, 15) is 4.79 Å². The van der Waals surface area contributed by atoms with Crippen LogP contribution in [0, 0.1) is 0 Å². The van der Waals surface area contributed by atoms with Crippen molar-refractivity contribution in [3.8, 4) is 17.0 Å². The highest BCUT2D eigenvalue weighted by Gasteiger charge is 2.15. The molecular formula is C23H21N5O4. The van der Waals surface area contributed by atoms with Gasteiger partial charge in [-0.15, -0.1) is 0 Å². The van der Waals surface area contributed by atoms with Gasteiger partial charge >= 0.3 is 5.97 Å². The summed E-state index contributed by atoms with van der Waals surface area (Å²) in [4.78, 5) is 16.5. The summed E-state index contributed by atoms with van der Waals surface area (Å²) in [7, 11) is 3.23. The monoisotopic (exact) mass is 431 g/mol. The van der Waals surface area contributed by atoms with Crippen LogP contribution in [0.15, 0.2) is 36.7 Å². The van der Waals surface area contributed by atoms with Crippen LogP contribution < -0.4 is 4.74 Å². The predicted molar refractivity (Wildman–Crippen MR) is 118 cm³/mol. The minimum atomic E-state index is -0.422. The number of benzene rings is 1. The Morgan fingerprint density at radius 1 is 1.19 bits per heavy atom. The fourth-order valence-electron chi connectivity index (χ4n) is 3.65. The summed E-state index contributed by atoms with van der Waals surface area (Å²) in [5.74, 6) is 0.139. The molecule has 9 heteroatoms. The minimum Gasteiger partial charge on any atom is -0.491 e. The van der Waals surface area contributed by atoms with Crippen LogP contribution in [-0.2, 0) is 23.1 Å². The Balaban J connectivity index is 1.61. The van der Waals surface area contributed by atoms with Crippen molar-refractivity contribution in [2.24, 2.45) is 7.05 Å². The highest BCUT2D eigenvalue weighted by molar-refractivity contribution is 5.93. The summed E-state index contributed by atoms with van der Waals surface area (Å²) in [5.41, 5.74) is 5.45. The Hall–Kier alpha value is -3.98. The maximum Gasteiger partial charge on any atom is 0.337 e. The standard InChI is InChI=1S/C23H21N5O4/c1-28-21-13-31-7-8-32-22-9-15(23(29)30-2)4-3-14(22)5-6-18-16-10-19(17(21)11-25-28)24-12-20(16)27-26-18/h3-6,9-12H,7-8,13H2,1-2H3,(H,26,27)/b6-5+. The maximum atomic E-state index is 12.0. The van der Waals surface area contributed by atoms with Crippen LogP contribution >= 0.6 is 0 Å². The third kappa shape index (κ3) is 3.63. The Labute approximate surface area is 183 Å². The molecule has 0 fully saturated rings. The van der Waals surface area contributed by atoms with Crippen LogP contribution in [0.25, 0.3) is 34.3 Å². The number of carbonyl (C=O) groups is 1. The number of nitrogens with zero attached hydrogens (tertiary/aromatic N) is 4. The lowest BCUT2D eigenvalue weighted by molar-refractivity contribution is 0.0599. The number of esters is 1. The lowest BCUT2D eigenvalue weighted by atomic mass is 10.1. The number of ether oxygens (including phenoxy) is 3. The van der Waals surface area contributed by atoms with E-state index in [2.05, 4.69) is 20.3 Å². The molecule has 0 aliphatic carbocycles. The van der Waals surface area contributed by atoms with E-state index in [0.29, 0.717) is 31.1 Å². The number of H-pyrrole nitrogens is 1. The van der Waals surface area contributed by atoms with Gasteiger partial charge in [0.05, 0.1) is 60.9 Å². The summed E-state index contributed by atoms with van der Waals surface area (Å²) >= 11 is 0. The number of aromatic amines is 1. The van der Waals surface area contributed by atoms with E-state index in [1.807, 2.05) is 31.3 Å². The van der Waals surface area contributed by atoms with Crippen molar-refractivity contribution < 1.29 is 19.0 Å². The summed E-state index contributed by atoms with van der Waals surface area (Å²) in [6.45, 7) is 1.04. The van der Waals surface area contributed by atoms with Crippen LogP contribution in [0.5, 0.6) is 5.75 Å². The Bertz CT molecular complexity index is 1340. The highest BCUT2D eigenvalue weighted by Crippen LogP contribution is 2.28. The van der Waals surface area contributed by atoms with Crippen LogP contribution in [0.3, 0.4) is 0 Å². The minimum absolute atomic E-state index is 0.317. The number of aryl methyl sites for hydroxylation is 1. The number of fused-ring (bicyclic) bond motifs is 4. The number of rotatable bonds is 1. The molecule has 0 amide bonds. The summed E-state index contributed by atoms with van der Waals surface area (Å²) in [6.07, 6.45) is 7.37. The number of methoxy groups -OCH3 is 1. The van der Waals surface area contributed by atoms with Crippen molar-refractivity contribution in [1.82, 2.24) is 25.0 Å². The molecule has 0 atom stereocenters. The number of pyridine rings is 1. The van der Waals surface area contributed by atoms with Gasteiger partial charge in [0.15, 0.2) is 0 Å². The van der Waals surface area contributed by atoms with Crippen molar-refractivity contribution in [3.63, 3.8) is 0 Å². The molecule has 3 aromatic heterocycles. The Morgan fingerprint density at radius 2 is 2.09 bits per heavy atom. The molecule has 32 heavy (non-hydrogen) atoms. The first kappa shape index (κ1) is 20.0. The fourth-order valence-corrected chi connectivity index (χ4v) is 3.65. The van der Waals surface area contributed by atoms with Crippen LogP contribution in [0.1, 0.15) is 27.3 Å². The van der Waals surface area contributed by atoms with E-state index in [4.69, 9.17) is 14.2 Å². The first-order valence-electron chi connectivity index (χ1n) is 10.1. The molecular weight excluding hydrogens is 410 g/mol. The number of hydrogen-bond acceptors (Lipinski definition) is 7.